The summed E-state index contributed by atoms with van der Waals surface area (Å²) in [6.07, 6.45) is 2.15. The number of aromatic nitrogens is 1. The van der Waals surface area contributed by atoms with Crippen molar-refractivity contribution in [1.29, 1.82) is 5.26 Å². The molecule has 5 rings (SSSR count). The molecule has 0 radical (unpaired) electrons. The van der Waals surface area contributed by atoms with Crippen molar-refractivity contribution in [3.05, 3.63) is 65.4 Å². The normalized spacial score (nSPS) is 18.1. The molecule has 2 aliphatic rings. The molecule has 0 saturated carbocycles. The van der Waals surface area contributed by atoms with Crippen LogP contribution < -0.4 is 0 Å². The SMILES string of the molecule is N#C[C@@H]1CC(F)(F)CN1C(=O)CCC(=O)c1ccnc2ccc(-c3ccc4c(c3)CCC(=O)C4)cc12.S. The van der Waals surface area contributed by atoms with Crippen molar-refractivity contribution in [2.75, 3.05) is 6.54 Å². The summed E-state index contributed by atoms with van der Waals surface area (Å²) < 4.78 is 27.4. The van der Waals surface area contributed by atoms with Crippen molar-refractivity contribution >= 4 is 41.9 Å². The first kappa shape index (κ1) is 26.4. The number of ketones is 2. The third kappa shape index (κ3) is 5.39. The van der Waals surface area contributed by atoms with Crippen molar-refractivity contribution in [1.82, 2.24) is 9.88 Å². The van der Waals surface area contributed by atoms with E-state index in [9.17, 15) is 23.2 Å². The van der Waals surface area contributed by atoms with Gasteiger partial charge in [0.15, 0.2) is 5.78 Å². The van der Waals surface area contributed by atoms with Crippen LogP contribution in [0.5, 0.6) is 0 Å². The van der Waals surface area contributed by atoms with Crippen LogP contribution in [-0.2, 0) is 22.4 Å². The Bertz CT molecular complexity index is 1450. The van der Waals surface area contributed by atoms with E-state index in [1.807, 2.05) is 30.3 Å². The van der Waals surface area contributed by atoms with E-state index in [1.54, 1.807) is 12.1 Å². The van der Waals surface area contributed by atoms with Gasteiger partial charge in [-0.1, -0.05) is 24.3 Å². The van der Waals surface area contributed by atoms with Gasteiger partial charge in [-0.15, -0.1) is 0 Å². The fourth-order valence-corrected chi connectivity index (χ4v) is 5.05. The lowest BCUT2D eigenvalue weighted by molar-refractivity contribution is -0.132. The lowest BCUT2D eigenvalue weighted by Crippen LogP contribution is -2.36. The maximum Gasteiger partial charge on any atom is 0.268 e. The molecule has 1 fully saturated rings. The number of benzene rings is 2. The number of hydrogen-bond donors (Lipinski definition) is 0. The van der Waals surface area contributed by atoms with Gasteiger partial charge in [-0.25, -0.2) is 8.78 Å². The molecule has 1 amide bonds. The van der Waals surface area contributed by atoms with E-state index in [2.05, 4.69) is 11.1 Å². The summed E-state index contributed by atoms with van der Waals surface area (Å²) in [5, 5.41) is 9.76. The smallest absolute Gasteiger partial charge is 0.268 e. The second-order valence-electron chi connectivity index (χ2n) is 9.44. The summed E-state index contributed by atoms with van der Waals surface area (Å²) >= 11 is 0. The van der Waals surface area contributed by atoms with Crippen LogP contribution in [0.3, 0.4) is 0 Å². The molecule has 0 N–H and O–H groups in total. The van der Waals surface area contributed by atoms with Gasteiger partial charge in [0.25, 0.3) is 5.92 Å². The molecule has 0 bridgehead atoms. The largest absolute Gasteiger partial charge is 0.320 e. The van der Waals surface area contributed by atoms with Gasteiger partial charge in [0.2, 0.25) is 5.91 Å². The maximum absolute atomic E-state index is 13.7. The predicted molar refractivity (Wildman–Crippen MR) is 139 cm³/mol. The van der Waals surface area contributed by atoms with Gasteiger partial charge in [0, 0.05) is 49.3 Å². The summed E-state index contributed by atoms with van der Waals surface area (Å²) in [4.78, 5) is 42.6. The second kappa shape index (κ2) is 10.4. The van der Waals surface area contributed by atoms with Crippen LogP contribution >= 0.6 is 13.5 Å². The van der Waals surface area contributed by atoms with Crippen LogP contribution in [0.4, 0.5) is 8.78 Å². The Hall–Kier alpha value is -3.64. The Labute approximate surface area is 219 Å². The number of hydrogen-bond acceptors (Lipinski definition) is 5. The third-order valence-electron chi connectivity index (χ3n) is 6.95. The monoisotopic (exact) mass is 521 g/mol. The topological polar surface area (TPSA) is 91.1 Å². The number of likely N-dealkylation sites (tertiary alicyclic amines) is 1. The van der Waals surface area contributed by atoms with Crippen LogP contribution in [0, 0.1) is 11.3 Å². The lowest BCUT2D eigenvalue weighted by atomic mass is 9.88. The summed E-state index contributed by atoms with van der Waals surface area (Å²) in [7, 11) is 0. The van der Waals surface area contributed by atoms with E-state index >= 15 is 0 Å². The average Bonchev–Trinajstić information content (AvgIpc) is 3.20. The lowest BCUT2D eigenvalue weighted by Gasteiger charge is -2.19. The number of pyridine rings is 1. The Morgan fingerprint density at radius 3 is 2.59 bits per heavy atom. The molecule has 2 aromatic carbocycles. The fourth-order valence-electron chi connectivity index (χ4n) is 5.05. The first-order valence-electron chi connectivity index (χ1n) is 11.9. The highest BCUT2D eigenvalue weighted by Gasteiger charge is 2.47. The highest BCUT2D eigenvalue weighted by atomic mass is 32.1. The van der Waals surface area contributed by atoms with Crippen molar-refractivity contribution in [3.8, 4) is 17.2 Å². The average molecular weight is 522 g/mol. The van der Waals surface area contributed by atoms with E-state index in [0.717, 1.165) is 27.2 Å². The molecule has 1 saturated heterocycles. The number of nitriles is 1. The maximum atomic E-state index is 13.7. The van der Waals surface area contributed by atoms with Gasteiger partial charge in [-0.3, -0.25) is 19.4 Å². The number of Topliss-reactive ketones (excluding diaryl/α,β-unsaturated/α-hetero) is 2. The van der Waals surface area contributed by atoms with Crippen molar-refractivity contribution in [2.24, 2.45) is 0 Å². The number of halogens is 2. The van der Waals surface area contributed by atoms with E-state index < -0.39 is 30.8 Å². The molecule has 1 aliphatic heterocycles. The van der Waals surface area contributed by atoms with Crippen LogP contribution in [0.15, 0.2) is 48.7 Å². The van der Waals surface area contributed by atoms with Gasteiger partial charge in [0.05, 0.1) is 18.1 Å². The molecule has 6 nitrogen and oxygen atoms in total. The Balaban J connectivity index is 0.00000320. The minimum absolute atomic E-state index is 0. The van der Waals surface area contributed by atoms with Gasteiger partial charge >= 0.3 is 0 Å². The van der Waals surface area contributed by atoms with Crippen molar-refractivity contribution < 1.29 is 23.2 Å². The number of fused-ring (bicyclic) bond motifs is 2. The first-order valence-corrected chi connectivity index (χ1v) is 11.9. The van der Waals surface area contributed by atoms with E-state index in [-0.39, 0.29) is 37.9 Å². The minimum Gasteiger partial charge on any atom is -0.320 e. The molecule has 190 valence electrons. The molecule has 9 heteroatoms. The first-order chi connectivity index (χ1) is 17.2. The van der Waals surface area contributed by atoms with Crippen molar-refractivity contribution in [2.45, 2.75) is 50.5 Å². The molecule has 1 atom stereocenters. The molecular formula is C28H25F2N3O3S. The molecule has 3 aromatic rings. The standard InChI is InChI=1S/C28H23F2N3O3.H2S/c29-28(30)14-21(15-31)33(16-28)27(36)8-7-26(35)23-9-10-32-25-6-4-20(13-24(23)25)17-1-2-19-12-22(34)5-3-18(19)11-17;/h1-2,4,6,9-11,13,21H,3,5,7-8,12,14,16H2;1H2/t21-;/m0./s1. The summed E-state index contributed by atoms with van der Waals surface area (Å²) in [6.45, 7) is -0.797. The second-order valence-corrected chi connectivity index (χ2v) is 9.44. The third-order valence-corrected chi connectivity index (χ3v) is 6.95. The predicted octanol–water partition coefficient (Wildman–Crippen LogP) is 4.80. The van der Waals surface area contributed by atoms with Gasteiger partial charge < -0.3 is 4.90 Å². The number of amides is 1. The number of carbonyl (C=O) groups is 3. The van der Waals surface area contributed by atoms with Crippen LogP contribution in [0.2, 0.25) is 0 Å². The van der Waals surface area contributed by atoms with Gasteiger partial charge in [-0.05, 0) is 46.9 Å². The Morgan fingerprint density at radius 1 is 1.05 bits per heavy atom. The van der Waals surface area contributed by atoms with Crippen LogP contribution in [-0.4, -0.2) is 45.9 Å². The van der Waals surface area contributed by atoms with E-state index in [4.69, 9.17) is 5.26 Å². The quantitative estimate of drug-likeness (QED) is 0.450. The van der Waals surface area contributed by atoms with Crippen molar-refractivity contribution in [3.63, 3.8) is 0 Å². The number of aryl methyl sites for hydroxylation is 1. The molecule has 1 aromatic heterocycles. The molecule has 0 spiro atoms. The van der Waals surface area contributed by atoms with E-state index in [1.165, 1.54) is 6.20 Å². The number of alkyl halides is 2. The molecular weight excluding hydrogens is 496 g/mol. The molecule has 37 heavy (non-hydrogen) atoms. The number of nitrogens with zero attached hydrogens (tertiary/aromatic N) is 3. The minimum atomic E-state index is -3.09. The Morgan fingerprint density at radius 2 is 1.81 bits per heavy atom. The van der Waals surface area contributed by atoms with Crippen LogP contribution in [0.25, 0.3) is 22.0 Å². The molecule has 1 aliphatic carbocycles. The summed E-state index contributed by atoms with van der Waals surface area (Å²) in [5.74, 6) is -3.77. The Kier molecular flexibility index (Phi) is 7.42. The summed E-state index contributed by atoms with van der Waals surface area (Å²) in [6, 6.07) is 13.8. The van der Waals surface area contributed by atoms with Crippen LogP contribution in [0.1, 0.15) is 47.2 Å². The zero-order valence-electron chi connectivity index (χ0n) is 20.0. The molecule has 2 heterocycles. The van der Waals surface area contributed by atoms with Gasteiger partial charge in [0.1, 0.15) is 11.8 Å². The zero-order valence-corrected chi connectivity index (χ0v) is 21.0. The number of rotatable bonds is 5. The summed E-state index contributed by atoms with van der Waals surface area (Å²) in [5.41, 5.74) is 5.10. The van der Waals surface area contributed by atoms with Gasteiger partial charge in [-0.2, -0.15) is 18.8 Å². The zero-order chi connectivity index (χ0) is 25.4. The molecule has 0 unspecified atom stereocenters. The number of carbonyl (C=O) groups excluding carboxylic acids is 3. The highest BCUT2D eigenvalue weighted by molar-refractivity contribution is 7.59. The fraction of sp³-hybridized carbons (Fsp3) is 0.321. The highest BCUT2D eigenvalue weighted by Crippen LogP contribution is 2.33. The van der Waals surface area contributed by atoms with E-state index in [0.29, 0.717) is 35.7 Å².